The zero-order valence-electron chi connectivity index (χ0n) is 12.8. The number of carbonyl (C=O) groups is 2. The molecule has 1 saturated heterocycles. The first-order valence-electron chi connectivity index (χ1n) is 7.46. The maximum Gasteiger partial charge on any atom is 0.279 e. The van der Waals surface area contributed by atoms with Crippen molar-refractivity contribution in [1.82, 2.24) is 0 Å². The van der Waals surface area contributed by atoms with Gasteiger partial charge in [-0.3, -0.25) is 14.9 Å². The third kappa shape index (κ3) is 4.49. The standard InChI is InChI=1S/C15H19N3O5/c1-10-8-12(18(22)23)2-3-13(10)16-14(19)9-17-6-4-11(5-7-17)15(20)21/h2-3,8,11H,4-7,9H2,1H3,(H,16,19)(H,20,21). The lowest BCUT2D eigenvalue weighted by atomic mass is 9.97. The number of nitro groups is 1. The number of carboxylic acid groups (broad SMARTS) is 1. The summed E-state index contributed by atoms with van der Waals surface area (Å²) >= 11 is 0. The van der Waals surface area contributed by atoms with Crippen molar-refractivity contribution in [2.45, 2.75) is 19.8 Å². The van der Waals surface area contributed by atoms with Crippen LogP contribution in [0.4, 0.5) is 11.4 Å². The fourth-order valence-corrected chi connectivity index (χ4v) is 2.76. The van der Waals surface area contributed by atoms with Crippen LogP contribution in [0.25, 0.3) is 0 Å². The topological polar surface area (TPSA) is 117 Å². The molecule has 23 heavy (non-hydrogen) atoms. The molecule has 0 aliphatic carbocycles. The summed E-state index contributed by atoms with van der Waals surface area (Å²) in [5.74, 6) is -1.63. The van der Waals surface area contributed by atoms with Crippen molar-refractivity contribution in [2.75, 3.05) is 25.0 Å². The fraction of sp³-hybridized carbons (Fsp3) is 0.467. The summed E-state index contributed by atoms with van der Waals surface area (Å²) in [6.07, 6.45) is 1.03. The average Bonchev–Trinajstić information content (AvgIpc) is 2.49. The Labute approximate surface area is 133 Å². The van der Waals surface area contributed by atoms with E-state index in [-0.39, 0.29) is 18.1 Å². The van der Waals surface area contributed by atoms with Crippen molar-refractivity contribution >= 4 is 23.3 Å². The van der Waals surface area contributed by atoms with Gasteiger partial charge in [0.2, 0.25) is 0 Å². The van der Waals surface area contributed by atoms with Crippen LogP contribution in [-0.4, -0.2) is 36.4 Å². The molecule has 0 spiro atoms. The molecule has 1 amide bonds. The molecule has 2 rings (SSSR count). The van der Waals surface area contributed by atoms with E-state index in [2.05, 4.69) is 5.32 Å². The number of carbonyl (C=O) groups excluding carboxylic acids is 2. The number of non-ortho nitro benzene ring substituents is 1. The highest BCUT2D eigenvalue weighted by Gasteiger charge is 2.24. The largest absolute Gasteiger partial charge is 0.550 e. The van der Waals surface area contributed by atoms with E-state index in [0.29, 0.717) is 37.2 Å². The van der Waals surface area contributed by atoms with Gasteiger partial charge in [-0.1, -0.05) is 0 Å². The third-order valence-corrected chi connectivity index (χ3v) is 4.13. The second-order valence-electron chi connectivity index (χ2n) is 5.82. The Hall–Kier alpha value is -2.48. The smallest absolute Gasteiger partial charge is 0.279 e. The van der Waals surface area contributed by atoms with Crippen LogP contribution in [0, 0.1) is 23.0 Å². The summed E-state index contributed by atoms with van der Waals surface area (Å²) in [6, 6.07) is 4.28. The summed E-state index contributed by atoms with van der Waals surface area (Å²) < 4.78 is 0. The van der Waals surface area contributed by atoms with E-state index in [1.54, 1.807) is 6.92 Å². The Bertz CT molecular complexity index is 624. The quantitative estimate of drug-likeness (QED) is 0.527. The number of nitro benzene ring substituents is 1. The van der Waals surface area contributed by atoms with Crippen molar-refractivity contribution in [1.29, 1.82) is 0 Å². The molecule has 8 nitrogen and oxygen atoms in total. The molecule has 0 unspecified atom stereocenters. The van der Waals surface area contributed by atoms with Crippen LogP contribution in [-0.2, 0) is 9.59 Å². The van der Waals surface area contributed by atoms with Crippen molar-refractivity contribution in [2.24, 2.45) is 5.92 Å². The van der Waals surface area contributed by atoms with Gasteiger partial charge in [-0.05, 0) is 18.6 Å². The first-order chi connectivity index (χ1) is 10.9. The molecule has 1 aromatic rings. The highest BCUT2D eigenvalue weighted by Crippen LogP contribution is 2.20. The minimum absolute atomic E-state index is 0.0181. The van der Waals surface area contributed by atoms with Crippen LogP contribution in [0.2, 0.25) is 0 Å². The van der Waals surface area contributed by atoms with Crippen LogP contribution in [0.5, 0.6) is 0 Å². The molecule has 1 aromatic carbocycles. The predicted octanol–water partition coefficient (Wildman–Crippen LogP) is -1.11. The minimum Gasteiger partial charge on any atom is -0.550 e. The Morgan fingerprint density at radius 2 is 2.00 bits per heavy atom. The minimum atomic E-state index is -1.02. The van der Waals surface area contributed by atoms with Gasteiger partial charge in [-0.15, -0.1) is 0 Å². The third-order valence-electron chi connectivity index (χ3n) is 4.13. The zero-order chi connectivity index (χ0) is 17.0. The number of hydrogen-bond acceptors (Lipinski definition) is 5. The number of aryl methyl sites for hydroxylation is 1. The van der Waals surface area contributed by atoms with E-state index >= 15 is 0 Å². The summed E-state index contributed by atoms with van der Waals surface area (Å²) in [6.45, 7) is 3.17. The van der Waals surface area contributed by atoms with Crippen molar-refractivity contribution in [3.8, 4) is 0 Å². The number of amides is 1. The summed E-state index contributed by atoms with van der Waals surface area (Å²) in [5.41, 5.74) is 1.15. The number of aliphatic carboxylic acids is 1. The number of hydrogen-bond donors (Lipinski definition) is 2. The summed E-state index contributed by atoms with van der Waals surface area (Å²) in [5, 5.41) is 24.2. The Balaban J connectivity index is 1.88. The van der Waals surface area contributed by atoms with Gasteiger partial charge in [-0.25, -0.2) is 0 Å². The van der Waals surface area contributed by atoms with Crippen molar-refractivity contribution < 1.29 is 24.5 Å². The number of quaternary nitrogens is 1. The number of nitrogens with one attached hydrogen (secondary N) is 2. The van der Waals surface area contributed by atoms with E-state index < -0.39 is 16.8 Å². The van der Waals surface area contributed by atoms with Gasteiger partial charge in [0.05, 0.1) is 18.0 Å². The van der Waals surface area contributed by atoms with Crippen molar-refractivity contribution in [3.05, 3.63) is 33.9 Å². The number of anilines is 1. The molecule has 0 saturated carbocycles. The molecule has 0 bridgehead atoms. The van der Waals surface area contributed by atoms with Crippen LogP contribution in [0.15, 0.2) is 18.2 Å². The lowest BCUT2D eigenvalue weighted by molar-refractivity contribution is -0.897. The number of piperidine rings is 1. The second-order valence-corrected chi connectivity index (χ2v) is 5.82. The molecular weight excluding hydrogens is 302 g/mol. The highest BCUT2D eigenvalue weighted by molar-refractivity contribution is 5.92. The normalized spacial score (nSPS) is 20.7. The van der Waals surface area contributed by atoms with E-state index in [4.69, 9.17) is 0 Å². The molecular formula is C15H19N3O5. The average molecular weight is 321 g/mol. The predicted molar refractivity (Wildman–Crippen MR) is 79.8 cm³/mol. The van der Waals surface area contributed by atoms with Crippen LogP contribution in [0.1, 0.15) is 18.4 Å². The van der Waals surface area contributed by atoms with Gasteiger partial charge >= 0.3 is 0 Å². The molecule has 1 aliphatic heterocycles. The lowest BCUT2D eigenvalue weighted by Gasteiger charge is -2.29. The SMILES string of the molecule is Cc1cc([N+](=O)[O-])ccc1NC(=O)C[NH+]1CCC(C(=O)[O-])CC1. The Morgan fingerprint density at radius 1 is 1.35 bits per heavy atom. The Kier molecular flexibility index (Phi) is 5.28. The molecule has 2 N–H and O–H groups in total. The molecule has 0 atom stereocenters. The zero-order valence-corrected chi connectivity index (χ0v) is 12.8. The maximum absolute atomic E-state index is 12.1. The number of carboxylic acids is 1. The van der Waals surface area contributed by atoms with E-state index in [1.807, 2.05) is 0 Å². The van der Waals surface area contributed by atoms with Gasteiger partial charge in [0.15, 0.2) is 6.54 Å². The first-order valence-corrected chi connectivity index (χ1v) is 7.46. The van der Waals surface area contributed by atoms with Gasteiger partial charge in [0.25, 0.3) is 11.6 Å². The fourth-order valence-electron chi connectivity index (χ4n) is 2.76. The molecule has 0 aromatic heterocycles. The maximum atomic E-state index is 12.1. The second kappa shape index (κ2) is 7.19. The van der Waals surface area contributed by atoms with Gasteiger partial charge in [0.1, 0.15) is 0 Å². The molecule has 1 fully saturated rings. The molecule has 1 aliphatic rings. The molecule has 8 heteroatoms. The van der Waals surface area contributed by atoms with E-state index in [0.717, 1.165) is 4.90 Å². The monoisotopic (exact) mass is 321 g/mol. The van der Waals surface area contributed by atoms with Crippen LogP contribution in [0.3, 0.4) is 0 Å². The summed E-state index contributed by atoms with van der Waals surface area (Å²) in [4.78, 5) is 34.1. The molecule has 124 valence electrons. The van der Waals surface area contributed by atoms with Crippen LogP contribution < -0.4 is 15.3 Å². The number of likely N-dealkylation sites (tertiary alicyclic amines) is 1. The van der Waals surface area contributed by atoms with Gasteiger partial charge in [-0.2, -0.15) is 0 Å². The molecule has 1 heterocycles. The van der Waals surface area contributed by atoms with E-state index in [9.17, 15) is 24.8 Å². The van der Waals surface area contributed by atoms with Gasteiger partial charge < -0.3 is 20.1 Å². The molecule has 0 radical (unpaired) electrons. The lowest BCUT2D eigenvalue weighted by Crippen LogP contribution is -3.14. The number of benzene rings is 1. The van der Waals surface area contributed by atoms with Crippen LogP contribution >= 0.6 is 0 Å². The highest BCUT2D eigenvalue weighted by atomic mass is 16.6. The Morgan fingerprint density at radius 3 is 2.52 bits per heavy atom. The van der Waals surface area contributed by atoms with Gasteiger partial charge in [0, 0.05) is 42.5 Å². The summed E-state index contributed by atoms with van der Waals surface area (Å²) in [7, 11) is 0. The van der Waals surface area contributed by atoms with E-state index in [1.165, 1.54) is 18.2 Å². The number of rotatable bonds is 5. The van der Waals surface area contributed by atoms with Crippen molar-refractivity contribution in [3.63, 3.8) is 0 Å². The first kappa shape index (κ1) is 16.9. The number of nitrogens with zero attached hydrogens (tertiary/aromatic N) is 1.